The minimum absolute atomic E-state index is 1.22. The Kier molecular flexibility index (Phi) is 3.76. The molecule has 1 aromatic carbocycles. The van der Waals surface area contributed by atoms with Gasteiger partial charge in [-0.1, -0.05) is 12.1 Å². The van der Waals surface area contributed by atoms with Crippen LogP contribution < -0.4 is 9.64 Å². The van der Waals surface area contributed by atoms with Crippen LogP contribution >= 0.6 is 11.3 Å². The molecule has 3 rings (SSSR count). The van der Waals surface area contributed by atoms with Gasteiger partial charge in [-0.15, -0.1) is 0 Å². The molecule has 4 N–H and O–H groups in total. The minimum Gasteiger partial charge on any atom is -0.204 e. The van der Waals surface area contributed by atoms with Gasteiger partial charge < -0.3 is 0 Å². The van der Waals surface area contributed by atoms with Crippen LogP contribution in [-0.2, 0) is 0 Å². The van der Waals surface area contributed by atoms with Crippen molar-refractivity contribution in [2.24, 2.45) is 0 Å². The fourth-order valence-electron chi connectivity index (χ4n) is 1.66. The monoisotopic (exact) mass is 288 g/mol. The zero-order chi connectivity index (χ0) is 13.2. The van der Waals surface area contributed by atoms with E-state index in [0.29, 0.717) is 0 Å². The van der Waals surface area contributed by atoms with Crippen LogP contribution in [0.1, 0.15) is 0 Å². The van der Waals surface area contributed by atoms with E-state index in [1.54, 1.807) is 11.3 Å². The molecule has 0 spiro atoms. The number of halogens is 1. The van der Waals surface area contributed by atoms with Crippen molar-refractivity contribution in [2.45, 2.75) is 0 Å². The fourth-order valence-corrected chi connectivity index (χ4v) is 2.34. The average Bonchev–Trinajstić information content (AvgIpc) is 2.65. The largest absolute Gasteiger partial charge is 0.213 e. The Morgan fingerprint density at radius 2 is 1.78 bits per heavy atom. The summed E-state index contributed by atoms with van der Waals surface area (Å²) >= 11 is 1.73. The molecule has 7 heteroatoms. The molecular formula is C11H11ClNO4S+. The summed E-state index contributed by atoms with van der Waals surface area (Å²) in [5.41, 5.74) is 3.76. The van der Waals surface area contributed by atoms with Crippen LogP contribution in [0.3, 0.4) is 0 Å². The van der Waals surface area contributed by atoms with Gasteiger partial charge in [0, 0.05) is 17.5 Å². The summed E-state index contributed by atoms with van der Waals surface area (Å²) in [6.07, 6.45) is 0. The zero-order valence-corrected chi connectivity index (χ0v) is 10.6. The van der Waals surface area contributed by atoms with Crippen LogP contribution in [0.25, 0.3) is 22.2 Å². The zero-order valence-electron chi connectivity index (χ0n) is 9.08. The average molecular weight is 289 g/mol. The normalized spacial score (nSPS) is 12.2. The van der Waals surface area contributed by atoms with Crippen LogP contribution in [0.5, 0.6) is 0 Å². The number of rotatable bonds is 0. The number of aromatic nitrogens is 1. The number of fused-ring (bicyclic) bond motifs is 3. The third kappa shape index (κ3) is 3.36. The van der Waals surface area contributed by atoms with Gasteiger partial charge in [-0.3, -0.25) is 0 Å². The van der Waals surface area contributed by atoms with Crippen molar-refractivity contribution >= 4 is 22.2 Å². The van der Waals surface area contributed by atoms with Crippen LogP contribution in [0, 0.1) is 10.2 Å². The molecule has 0 atom stereocenters. The van der Waals surface area contributed by atoms with E-state index in [4.69, 9.17) is 18.6 Å². The van der Waals surface area contributed by atoms with Crippen molar-refractivity contribution in [1.82, 2.24) is 0 Å². The number of benzene rings is 1. The van der Waals surface area contributed by atoms with Crippen LogP contribution in [0.4, 0.5) is 0 Å². The molecule has 0 fully saturated rings. The molecule has 2 heterocycles. The Bertz CT molecular complexity index is 616. The molecule has 18 heavy (non-hydrogen) atoms. The van der Waals surface area contributed by atoms with E-state index in [0.717, 1.165) is 0 Å². The third-order valence-corrected chi connectivity index (χ3v) is 2.94. The van der Waals surface area contributed by atoms with Crippen molar-refractivity contribution in [3.63, 3.8) is 0 Å². The summed E-state index contributed by atoms with van der Waals surface area (Å²) in [4.78, 5) is 3.38. The van der Waals surface area contributed by atoms with Crippen LogP contribution in [-0.4, -0.2) is 14.0 Å². The van der Waals surface area contributed by atoms with Gasteiger partial charge >= 0.3 is 28.9 Å². The molecule has 0 saturated heterocycles. The summed E-state index contributed by atoms with van der Waals surface area (Å²) in [6.45, 7) is 0. The maximum atomic E-state index is 8.83. The molecular weight excluding hydrogens is 278 g/mol. The second kappa shape index (κ2) is 5.15. The molecule has 2 aliphatic rings. The molecule has 0 radical (unpaired) electrons. The molecule has 1 aromatic rings. The molecule has 0 bridgehead atoms. The number of hydrogen-bond donors (Lipinski definition) is 3. The van der Waals surface area contributed by atoms with E-state index in [9.17, 15) is 0 Å². The van der Waals surface area contributed by atoms with E-state index in [2.05, 4.69) is 46.1 Å². The predicted molar refractivity (Wildman–Crippen MR) is 61.7 cm³/mol. The minimum atomic E-state index is -4.19. The first kappa shape index (κ1) is 13.2. The summed E-state index contributed by atoms with van der Waals surface area (Å²) in [7, 11) is -4.19. The Balaban J connectivity index is 0.000000209. The Labute approximate surface area is 109 Å². The van der Waals surface area contributed by atoms with Gasteiger partial charge in [-0.2, -0.15) is 11.3 Å². The van der Waals surface area contributed by atoms with E-state index >= 15 is 0 Å². The van der Waals surface area contributed by atoms with Crippen LogP contribution in [0.15, 0.2) is 41.1 Å². The van der Waals surface area contributed by atoms with Crippen molar-refractivity contribution in [3.05, 3.63) is 41.1 Å². The van der Waals surface area contributed by atoms with Crippen molar-refractivity contribution in [3.8, 4) is 11.3 Å². The van der Waals surface area contributed by atoms with Crippen molar-refractivity contribution in [1.29, 1.82) is 0 Å². The number of nitrogens with one attached hydrogen (secondary N) is 1. The second-order valence-electron chi connectivity index (χ2n) is 3.49. The summed E-state index contributed by atoms with van der Waals surface area (Å²) in [5, 5.41) is 5.60. The molecule has 0 aromatic heterocycles. The second-order valence-corrected chi connectivity index (χ2v) is 5.14. The maximum absolute atomic E-state index is 8.83. The SMILES string of the molecule is [O-][Cl+](O)(O)O.c1ccc2c3csccc-3[nH+]c2c1. The Hall–Kier alpha value is -1.28. The number of H-pyrrole nitrogens is 1. The first-order valence-corrected chi connectivity index (χ1v) is 7.14. The first-order valence-electron chi connectivity index (χ1n) is 4.87. The molecule has 5 nitrogen and oxygen atoms in total. The van der Waals surface area contributed by atoms with Gasteiger partial charge in [0.25, 0.3) is 0 Å². The smallest absolute Gasteiger partial charge is 0.204 e. The maximum Gasteiger partial charge on any atom is 0.213 e. The van der Waals surface area contributed by atoms with Gasteiger partial charge in [0.05, 0.1) is 10.9 Å². The number of aromatic amines is 1. The third-order valence-electron chi connectivity index (χ3n) is 2.28. The van der Waals surface area contributed by atoms with Crippen molar-refractivity contribution < 1.29 is 33.9 Å². The van der Waals surface area contributed by atoms with E-state index in [1.807, 2.05) is 0 Å². The van der Waals surface area contributed by atoms with Gasteiger partial charge in [-0.05, 0) is 11.4 Å². The van der Waals surface area contributed by atoms with Gasteiger partial charge in [0.1, 0.15) is 0 Å². The Morgan fingerprint density at radius 1 is 1.11 bits per heavy atom. The number of para-hydroxylation sites is 1. The van der Waals surface area contributed by atoms with Gasteiger partial charge in [-0.25, -0.2) is 4.98 Å². The van der Waals surface area contributed by atoms with E-state index in [1.165, 1.54) is 22.2 Å². The molecule has 0 unspecified atom stereocenters. The summed E-state index contributed by atoms with van der Waals surface area (Å²) in [5.74, 6) is 0. The van der Waals surface area contributed by atoms with Gasteiger partial charge in [0.15, 0.2) is 0 Å². The predicted octanol–water partition coefficient (Wildman–Crippen LogP) is -0.0398. The number of hydrogen-bond acceptors (Lipinski definition) is 5. The fraction of sp³-hybridized carbons (Fsp3) is 0. The molecule has 96 valence electrons. The first-order chi connectivity index (χ1) is 8.45. The molecule has 2 aliphatic heterocycles. The standard InChI is InChI=1S/C11H7NS.ClH3O4/c1-2-4-10-8(3-1)9-7-13-6-5-11(9)12-10;2-1(3,4)5/h1-7H;2-4H/p+1. The van der Waals surface area contributed by atoms with Crippen molar-refractivity contribution in [2.75, 3.05) is 0 Å². The summed E-state index contributed by atoms with van der Waals surface area (Å²) < 4.78 is 30.2. The molecule has 0 saturated carbocycles. The quantitative estimate of drug-likeness (QED) is 0.541. The van der Waals surface area contributed by atoms with Crippen LogP contribution in [0.2, 0.25) is 0 Å². The van der Waals surface area contributed by atoms with E-state index in [-0.39, 0.29) is 0 Å². The van der Waals surface area contributed by atoms with Gasteiger partial charge in [0.2, 0.25) is 11.2 Å². The molecule has 0 aliphatic carbocycles. The Morgan fingerprint density at radius 3 is 2.50 bits per heavy atom. The molecule has 0 amide bonds. The topological polar surface area (TPSA) is 97.9 Å². The summed E-state index contributed by atoms with van der Waals surface area (Å²) in [6, 6.07) is 10.5. The van der Waals surface area contributed by atoms with E-state index < -0.39 is 10.2 Å².